The topological polar surface area (TPSA) is 136 Å². The highest BCUT2D eigenvalue weighted by Gasteiger charge is 2.19. The number of anilines is 1. The third-order valence-corrected chi connectivity index (χ3v) is 4.47. The van der Waals surface area contributed by atoms with Gasteiger partial charge in [0.2, 0.25) is 0 Å². The predicted octanol–water partition coefficient (Wildman–Crippen LogP) is 3.88. The molecule has 1 unspecified atom stereocenters. The van der Waals surface area contributed by atoms with Crippen LogP contribution in [0.25, 0.3) is 0 Å². The van der Waals surface area contributed by atoms with Gasteiger partial charge in [-0.3, -0.25) is 25.0 Å². The van der Waals surface area contributed by atoms with Crippen LogP contribution in [0.4, 0.5) is 17.1 Å². The second-order valence-electron chi connectivity index (χ2n) is 6.43. The maximum Gasteiger partial charge on any atom is 0.293 e. The molecule has 0 fully saturated rings. The smallest absolute Gasteiger partial charge is 0.293 e. The van der Waals surface area contributed by atoms with Crippen LogP contribution in [-0.2, 0) is 0 Å². The molecule has 0 aliphatic rings. The molecule has 30 heavy (non-hydrogen) atoms. The summed E-state index contributed by atoms with van der Waals surface area (Å²) in [5, 5.41) is 35.3. The highest BCUT2D eigenvalue weighted by Crippen LogP contribution is 2.28. The lowest BCUT2D eigenvalue weighted by atomic mass is 10.0. The minimum Gasteiger partial charge on any atom is -0.387 e. The second kappa shape index (κ2) is 8.93. The van der Waals surface area contributed by atoms with Gasteiger partial charge in [-0.15, -0.1) is 0 Å². The van der Waals surface area contributed by atoms with E-state index in [1.165, 1.54) is 42.5 Å². The lowest BCUT2D eigenvalue weighted by Crippen LogP contribution is -2.13. The number of benzene rings is 3. The van der Waals surface area contributed by atoms with Gasteiger partial charge in [-0.05, 0) is 29.8 Å². The number of hydrogen-bond donors (Lipinski definition) is 2. The van der Waals surface area contributed by atoms with Gasteiger partial charge in [0, 0.05) is 35.9 Å². The summed E-state index contributed by atoms with van der Waals surface area (Å²) in [6, 6.07) is 17.9. The first-order valence-corrected chi connectivity index (χ1v) is 8.91. The van der Waals surface area contributed by atoms with E-state index in [4.69, 9.17) is 0 Å². The van der Waals surface area contributed by atoms with Crippen LogP contribution in [0.5, 0.6) is 0 Å². The van der Waals surface area contributed by atoms with Gasteiger partial charge < -0.3 is 10.4 Å². The molecule has 9 nitrogen and oxygen atoms in total. The lowest BCUT2D eigenvalue weighted by molar-refractivity contribution is -0.384. The average Bonchev–Trinajstić information content (AvgIpc) is 2.77. The molecule has 0 aliphatic carbocycles. The summed E-state index contributed by atoms with van der Waals surface area (Å²) < 4.78 is 0. The Morgan fingerprint density at radius 3 is 2.17 bits per heavy atom. The molecule has 0 radical (unpaired) electrons. The summed E-state index contributed by atoms with van der Waals surface area (Å²) in [5.41, 5.74) is 0.758. The van der Waals surface area contributed by atoms with Crippen LogP contribution >= 0.6 is 0 Å². The number of aliphatic hydroxyl groups excluding tert-OH is 1. The molecule has 0 aliphatic heterocycles. The zero-order valence-electron chi connectivity index (χ0n) is 15.6. The van der Waals surface area contributed by atoms with Crippen molar-refractivity contribution < 1.29 is 19.7 Å². The van der Waals surface area contributed by atoms with Crippen LogP contribution in [-0.4, -0.2) is 27.3 Å². The molecule has 1 atom stereocenters. The summed E-state index contributed by atoms with van der Waals surface area (Å²) in [6.07, 6.45) is -1.05. The largest absolute Gasteiger partial charge is 0.387 e. The van der Waals surface area contributed by atoms with E-state index in [1.807, 2.05) is 0 Å². The molecular formula is C21H17N3O6. The number of non-ortho nitro benzene ring substituents is 1. The SMILES string of the molecule is O=C(c1ccccc1)c1ccc(NCC(O)c2ccc([N+](=O)[O-])cc2)c([N+](=O)[O-])c1. The Balaban J connectivity index is 1.76. The summed E-state index contributed by atoms with van der Waals surface area (Å²) in [6.45, 7) is -0.0649. The third kappa shape index (κ3) is 4.65. The van der Waals surface area contributed by atoms with E-state index in [0.29, 0.717) is 11.1 Å². The number of nitro benzene ring substituents is 2. The standard InChI is InChI=1S/C21H17N3O6/c25-20(14-6-9-17(10-7-14)23(27)28)13-22-18-11-8-16(12-19(18)24(29)30)21(26)15-4-2-1-3-5-15/h1-12,20,22,25H,13H2. The number of carbonyl (C=O) groups excluding carboxylic acids is 1. The van der Waals surface area contributed by atoms with Crippen LogP contribution in [0, 0.1) is 20.2 Å². The molecular weight excluding hydrogens is 390 g/mol. The third-order valence-electron chi connectivity index (χ3n) is 4.47. The van der Waals surface area contributed by atoms with Crippen LogP contribution in [0.3, 0.4) is 0 Å². The van der Waals surface area contributed by atoms with E-state index in [1.54, 1.807) is 30.3 Å². The number of aliphatic hydroxyl groups is 1. The number of carbonyl (C=O) groups is 1. The van der Waals surface area contributed by atoms with Gasteiger partial charge >= 0.3 is 0 Å². The van der Waals surface area contributed by atoms with Crippen molar-refractivity contribution in [3.8, 4) is 0 Å². The van der Waals surface area contributed by atoms with Crippen molar-refractivity contribution in [2.75, 3.05) is 11.9 Å². The van der Waals surface area contributed by atoms with Gasteiger partial charge in [0.1, 0.15) is 5.69 Å². The number of rotatable bonds is 8. The number of nitro groups is 2. The molecule has 3 rings (SSSR count). The van der Waals surface area contributed by atoms with Gasteiger partial charge in [-0.2, -0.15) is 0 Å². The number of ketones is 1. The van der Waals surface area contributed by atoms with Crippen molar-refractivity contribution >= 4 is 22.8 Å². The molecule has 3 aromatic carbocycles. The fraction of sp³-hybridized carbons (Fsp3) is 0.0952. The monoisotopic (exact) mass is 407 g/mol. The van der Waals surface area contributed by atoms with Crippen LogP contribution in [0.15, 0.2) is 72.8 Å². The maximum atomic E-state index is 12.5. The molecule has 0 spiro atoms. The van der Waals surface area contributed by atoms with Gasteiger partial charge in [0.05, 0.1) is 16.0 Å². The van der Waals surface area contributed by atoms with Gasteiger partial charge in [0.25, 0.3) is 11.4 Å². The van der Waals surface area contributed by atoms with Crippen LogP contribution in [0.1, 0.15) is 27.6 Å². The molecule has 0 bridgehead atoms. The summed E-state index contributed by atoms with van der Waals surface area (Å²) in [4.78, 5) is 33.6. The second-order valence-corrected chi connectivity index (χ2v) is 6.43. The molecule has 0 saturated heterocycles. The van der Waals surface area contributed by atoms with Crippen LogP contribution in [0.2, 0.25) is 0 Å². The zero-order chi connectivity index (χ0) is 21.7. The number of hydrogen-bond acceptors (Lipinski definition) is 7. The van der Waals surface area contributed by atoms with E-state index in [2.05, 4.69) is 5.32 Å². The van der Waals surface area contributed by atoms with Crippen molar-refractivity contribution in [3.63, 3.8) is 0 Å². The van der Waals surface area contributed by atoms with Crippen molar-refractivity contribution in [2.45, 2.75) is 6.10 Å². The highest BCUT2D eigenvalue weighted by atomic mass is 16.6. The Labute approximate surface area is 170 Å². The molecule has 9 heteroatoms. The summed E-state index contributed by atoms with van der Waals surface area (Å²) >= 11 is 0. The fourth-order valence-electron chi connectivity index (χ4n) is 2.87. The van der Waals surface area contributed by atoms with E-state index < -0.39 is 16.0 Å². The Morgan fingerprint density at radius 2 is 1.57 bits per heavy atom. The average molecular weight is 407 g/mol. The molecule has 2 N–H and O–H groups in total. The Hall–Kier alpha value is -4.11. The Morgan fingerprint density at radius 1 is 0.900 bits per heavy atom. The normalized spacial score (nSPS) is 11.5. The minimum absolute atomic E-state index is 0.0649. The number of nitrogens with one attached hydrogen (secondary N) is 1. The maximum absolute atomic E-state index is 12.5. The molecule has 0 heterocycles. The molecule has 0 aromatic heterocycles. The Bertz CT molecular complexity index is 1080. The molecule has 0 amide bonds. The van der Waals surface area contributed by atoms with Crippen molar-refractivity contribution in [1.29, 1.82) is 0 Å². The van der Waals surface area contributed by atoms with E-state index >= 15 is 0 Å². The quantitative estimate of drug-likeness (QED) is 0.328. The molecule has 0 saturated carbocycles. The first kappa shape index (κ1) is 20.6. The first-order chi connectivity index (χ1) is 14.4. The highest BCUT2D eigenvalue weighted by molar-refractivity contribution is 6.09. The predicted molar refractivity (Wildman–Crippen MR) is 110 cm³/mol. The van der Waals surface area contributed by atoms with E-state index in [-0.39, 0.29) is 35.0 Å². The zero-order valence-corrected chi connectivity index (χ0v) is 15.6. The van der Waals surface area contributed by atoms with Crippen LogP contribution < -0.4 is 5.32 Å². The summed E-state index contributed by atoms with van der Waals surface area (Å²) in [5.74, 6) is -0.337. The molecule has 152 valence electrons. The first-order valence-electron chi connectivity index (χ1n) is 8.91. The van der Waals surface area contributed by atoms with Gasteiger partial charge in [-0.1, -0.05) is 30.3 Å². The molecule has 3 aromatic rings. The van der Waals surface area contributed by atoms with E-state index in [0.717, 1.165) is 0 Å². The van der Waals surface area contributed by atoms with Crippen molar-refractivity contribution in [2.24, 2.45) is 0 Å². The Kier molecular flexibility index (Phi) is 6.14. The van der Waals surface area contributed by atoms with Crippen molar-refractivity contribution in [1.82, 2.24) is 0 Å². The van der Waals surface area contributed by atoms with Gasteiger partial charge in [0.15, 0.2) is 5.78 Å². The minimum atomic E-state index is -1.05. The van der Waals surface area contributed by atoms with Gasteiger partial charge in [-0.25, -0.2) is 0 Å². The lowest BCUT2D eigenvalue weighted by Gasteiger charge is -2.14. The summed E-state index contributed by atoms with van der Waals surface area (Å²) in [7, 11) is 0. The van der Waals surface area contributed by atoms with Crippen molar-refractivity contribution in [3.05, 3.63) is 110 Å². The van der Waals surface area contributed by atoms with E-state index in [9.17, 15) is 30.1 Å². The number of nitrogens with zero attached hydrogens (tertiary/aromatic N) is 2. The fourth-order valence-corrected chi connectivity index (χ4v) is 2.87.